The largest absolute Gasteiger partial charge is 0.493 e. The lowest BCUT2D eigenvalue weighted by molar-refractivity contribution is -0.140. The Kier molecular flexibility index (Phi) is 3.79. The van der Waals surface area contributed by atoms with Crippen LogP contribution in [0.3, 0.4) is 0 Å². The summed E-state index contributed by atoms with van der Waals surface area (Å²) in [6.45, 7) is 0.152. The molecule has 98 valence electrons. The molecule has 0 saturated heterocycles. The summed E-state index contributed by atoms with van der Waals surface area (Å²) >= 11 is 0. The van der Waals surface area contributed by atoms with Crippen molar-refractivity contribution < 1.29 is 23.4 Å². The third-order valence-electron chi connectivity index (χ3n) is 3.25. The van der Waals surface area contributed by atoms with Gasteiger partial charge in [0.05, 0.1) is 13.0 Å². The van der Waals surface area contributed by atoms with Crippen LogP contribution < -0.4 is 4.74 Å². The molecule has 0 amide bonds. The SMILES string of the molecule is O=C(O)CC(C(F)F)C1COc2ccccc2C1. The molecule has 0 aliphatic carbocycles. The number of rotatable bonds is 4. The predicted octanol–water partition coefficient (Wildman–Crippen LogP) is 2.59. The quantitative estimate of drug-likeness (QED) is 0.900. The average molecular weight is 256 g/mol. The summed E-state index contributed by atoms with van der Waals surface area (Å²) in [5, 5.41) is 8.68. The Morgan fingerprint density at radius 3 is 2.83 bits per heavy atom. The van der Waals surface area contributed by atoms with Crippen molar-refractivity contribution in [1.29, 1.82) is 0 Å². The van der Waals surface area contributed by atoms with Crippen molar-refractivity contribution in [3.8, 4) is 5.75 Å². The lowest BCUT2D eigenvalue weighted by Crippen LogP contribution is -2.33. The fraction of sp³-hybridized carbons (Fsp3) is 0.462. The highest BCUT2D eigenvalue weighted by molar-refractivity contribution is 5.67. The Labute approximate surface area is 103 Å². The number of carboxylic acid groups (broad SMARTS) is 1. The Bertz CT molecular complexity index is 434. The molecule has 1 aromatic carbocycles. The smallest absolute Gasteiger partial charge is 0.303 e. The minimum atomic E-state index is -2.64. The summed E-state index contributed by atoms with van der Waals surface area (Å²) in [6.07, 6.45) is -2.72. The van der Waals surface area contributed by atoms with E-state index in [-0.39, 0.29) is 6.61 Å². The molecule has 18 heavy (non-hydrogen) atoms. The van der Waals surface area contributed by atoms with E-state index in [1.54, 1.807) is 6.07 Å². The maximum atomic E-state index is 12.9. The number of hydrogen-bond acceptors (Lipinski definition) is 2. The van der Waals surface area contributed by atoms with Gasteiger partial charge in [0.2, 0.25) is 6.43 Å². The van der Waals surface area contributed by atoms with Crippen molar-refractivity contribution in [1.82, 2.24) is 0 Å². The van der Waals surface area contributed by atoms with Gasteiger partial charge in [-0.2, -0.15) is 0 Å². The summed E-state index contributed by atoms with van der Waals surface area (Å²) in [6, 6.07) is 7.26. The van der Waals surface area contributed by atoms with Gasteiger partial charge in [0.15, 0.2) is 0 Å². The number of halogens is 2. The second-order valence-electron chi connectivity index (χ2n) is 4.48. The second kappa shape index (κ2) is 5.33. The first-order chi connectivity index (χ1) is 8.58. The van der Waals surface area contributed by atoms with Crippen LogP contribution in [0.2, 0.25) is 0 Å². The molecule has 0 aromatic heterocycles. The van der Waals surface area contributed by atoms with E-state index in [0.29, 0.717) is 12.2 Å². The highest BCUT2D eigenvalue weighted by Crippen LogP contribution is 2.34. The van der Waals surface area contributed by atoms with Crippen LogP contribution >= 0.6 is 0 Å². The number of aliphatic carboxylic acids is 1. The molecule has 0 spiro atoms. The van der Waals surface area contributed by atoms with E-state index >= 15 is 0 Å². The number of carboxylic acids is 1. The second-order valence-corrected chi connectivity index (χ2v) is 4.48. The van der Waals surface area contributed by atoms with Crippen LogP contribution in [-0.2, 0) is 11.2 Å². The molecule has 0 saturated carbocycles. The van der Waals surface area contributed by atoms with Crippen LogP contribution in [0.4, 0.5) is 8.78 Å². The fourth-order valence-electron chi connectivity index (χ4n) is 2.29. The first kappa shape index (κ1) is 12.8. The number of benzene rings is 1. The van der Waals surface area contributed by atoms with Gasteiger partial charge in [0.1, 0.15) is 5.75 Å². The maximum Gasteiger partial charge on any atom is 0.303 e. The van der Waals surface area contributed by atoms with Crippen LogP contribution in [0.5, 0.6) is 5.75 Å². The summed E-state index contributed by atoms with van der Waals surface area (Å²) in [7, 11) is 0. The molecule has 5 heteroatoms. The van der Waals surface area contributed by atoms with Gasteiger partial charge in [-0.05, 0) is 18.1 Å². The summed E-state index contributed by atoms with van der Waals surface area (Å²) in [5.41, 5.74) is 0.866. The Balaban J connectivity index is 2.12. The standard InChI is InChI=1S/C13H14F2O3/c14-13(15)10(6-12(16)17)9-5-8-3-1-2-4-11(8)18-7-9/h1-4,9-10,13H,5-7H2,(H,16,17). The van der Waals surface area contributed by atoms with Crippen LogP contribution in [0, 0.1) is 11.8 Å². The van der Waals surface area contributed by atoms with Gasteiger partial charge in [0.25, 0.3) is 0 Å². The lowest BCUT2D eigenvalue weighted by Gasteiger charge is -2.30. The first-order valence-electron chi connectivity index (χ1n) is 5.78. The van der Waals surface area contributed by atoms with Crippen LogP contribution in [0.25, 0.3) is 0 Å². The first-order valence-corrected chi connectivity index (χ1v) is 5.78. The van der Waals surface area contributed by atoms with Gasteiger partial charge < -0.3 is 9.84 Å². The minimum Gasteiger partial charge on any atom is -0.493 e. The van der Waals surface area contributed by atoms with Crippen molar-refractivity contribution >= 4 is 5.97 Å². The number of carbonyl (C=O) groups is 1. The van der Waals surface area contributed by atoms with E-state index in [1.807, 2.05) is 18.2 Å². The average Bonchev–Trinajstić information content (AvgIpc) is 2.35. The number of para-hydroxylation sites is 1. The highest BCUT2D eigenvalue weighted by Gasteiger charge is 2.34. The van der Waals surface area contributed by atoms with E-state index in [0.717, 1.165) is 5.56 Å². The molecule has 1 aliphatic heterocycles. The van der Waals surface area contributed by atoms with Crippen molar-refractivity contribution in [2.45, 2.75) is 19.3 Å². The van der Waals surface area contributed by atoms with Crippen molar-refractivity contribution in [3.63, 3.8) is 0 Å². The van der Waals surface area contributed by atoms with Gasteiger partial charge in [-0.25, -0.2) is 8.78 Å². The monoisotopic (exact) mass is 256 g/mol. The van der Waals surface area contributed by atoms with Gasteiger partial charge in [-0.1, -0.05) is 18.2 Å². The summed E-state index contributed by atoms with van der Waals surface area (Å²) in [4.78, 5) is 10.6. The van der Waals surface area contributed by atoms with Crippen molar-refractivity contribution in [2.75, 3.05) is 6.61 Å². The number of hydrogen-bond donors (Lipinski definition) is 1. The molecule has 1 heterocycles. The van der Waals surface area contributed by atoms with E-state index < -0.39 is 30.7 Å². The maximum absolute atomic E-state index is 12.9. The molecule has 0 fully saturated rings. The van der Waals surface area contributed by atoms with Crippen LogP contribution in [0.1, 0.15) is 12.0 Å². The molecule has 2 atom stereocenters. The summed E-state index contributed by atoms with van der Waals surface area (Å²) < 4.78 is 31.2. The topological polar surface area (TPSA) is 46.5 Å². The molecule has 3 nitrogen and oxygen atoms in total. The van der Waals surface area contributed by atoms with E-state index in [9.17, 15) is 13.6 Å². The highest BCUT2D eigenvalue weighted by atomic mass is 19.3. The third-order valence-corrected chi connectivity index (χ3v) is 3.25. The zero-order chi connectivity index (χ0) is 13.1. The molecule has 2 rings (SSSR count). The zero-order valence-electron chi connectivity index (χ0n) is 9.68. The Morgan fingerprint density at radius 2 is 2.17 bits per heavy atom. The van der Waals surface area contributed by atoms with E-state index in [2.05, 4.69) is 0 Å². The van der Waals surface area contributed by atoms with Gasteiger partial charge in [-0.15, -0.1) is 0 Å². The van der Waals surface area contributed by atoms with E-state index in [1.165, 1.54) is 0 Å². The number of ether oxygens (including phenoxy) is 1. The van der Waals surface area contributed by atoms with Crippen molar-refractivity contribution in [2.24, 2.45) is 11.8 Å². The van der Waals surface area contributed by atoms with Gasteiger partial charge >= 0.3 is 5.97 Å². The van der Waals surface area contributed by atoms with Crippen LogP contribution in [-0.4, -0.2) is 24.1 Å². The van der Waals surface area contributed by atoms with Gasteiger partial charge in [-0.3, -0.25) is 4.79 Å². The molecule has 1 aromatic rings. The molecule has 1 N–H and O–H groups in total. The normalized spacial score (nSPS) is 20.1. The van der Waals surface area contributed by atoms with Crippen LogP contribution in [0.15, 0.2) is 24.3 Å². The van der Waals surface area contributed by atoms with Gasteiger partial charge in [0, 0.05) is 11.8 Å². The Morgan fingerprint density at radius 1 is 1.44 bits per heavy atom. The molecular formula is C13H14F2O3. The molecule has 0 radical (unpaired) electrons. The van der Waals surface area contributed by atoms with E-state index in [4.69, 9.17) is 9.84 Å². The zero-order valence-corrected chi connectivity index (χ0v) is 9.68. The molecule has 0 bridgehead atoms. The molecular weight excluding hydrogens is 242 g/mol. The molecule has 2 unspecified atom stereocenters. The number of alkyl halides is 2. The fourth-order valence-corrected chi connectivity index (χ4v) is 2.29. The predicted molar refractivity (Wildman–Crippen MR) is 60.9 cm³/mol. The number of fused-ring (bicyclic) bond motifs is 1. The minimum absolute atomic E-state index is 0.152. The van der Waals surface area contributed by atoms with Crippen molar-refractivity contribution in [3.05, 3.63) is 29.8 Å². The lowest BCUT2D eigenvalue weighted by atomic mass is 9.84. The molecule has 1 aliphatic rings. The third kappa shape index (κ3) is 2.78. The summed E-state index contributed by atoms with van der Waals surface area (Å²) in [5.74, 6) is -2.09. The Hall–Kier alpha value is -1.65.